The van der Waals surface area contributed by atoms with Gasteiger partial charge in [-0.15, -0.1) is 11.3 Å². The molecule has 1 aliphatic heterocycles. The lowest BCUT2D eigenvalue weighted by Crippen LogP contribution is -2.28. The molecular formula is C15H15N5S. The van der Waals surface area contributed by atoms with Crippen molar-refractivity contribution in [3.05, 3.63) is 57.8 Å². The zero-order valence-electron chi connectivity index (χ0n) is 11.6. The molecule has 0 fully saturated rings. The van der Waals surface area contributed by atoms with Crippen molar-refractivity contribution in [2.75, 3.05) is 5.32 Å². The number of benzene rings is 1. The minimum Gasteiger partial charge on any atom is -0.345 e. The highest BCUT2D eigenvalue weighted by Gasteiger charge is 2.31. The van der Waals surface area contributed by atoms with Crippen LogP contribution in [-0.2, 0) is 0 Å². The van der Waals surface area contributed by atoms with E-state index in [0.29, 0.717) is 0 Å². The first-order valence-electron chi connectivity index (χ1n) is 6.96. The van der Waals surface area contributed by atoms with Gasteiger partial charge in [-0.3, -0.25) is 0 Å². The molecule has 106 valence electrons. The van der Waals surface area contributed by atoms with Crippen molar-refractivity contribution < 1.29 is 0 Å². The Morgan fingerprint density at radius 1 is 1.24 bits per heavy atom. The van der Waals surface area contributed by atoms with Crippen LogP contribution in [0.2, 0.25) is 0 Å². The summed E-state index contributed by atoms with van der Waals surface area (Å²) >= 11 is 1.77. The fourth-order valence-electron chi connectivity index (χ4n) is 2.93. The topological polar surface area (TPSA) is 55.6 Å². The summed E-state index contributed by atoms with van der Waals surface area (Å²) in [4.78, 5) is 1.32. The van der Waals surface area contributed by atoms with E-state index in [1.54, 1.807) is 11.3 Å². The Labute approximate surface area is 126 Å². The van der Waals surface area contributed by atoms with Gasteiger partial charge >= 0.3 is 0 Å². The van der Waals surface area contributed by atoms with Crippen molar-refractivity contribution in [2.24, 2.45) is 0 Å². The number of rotatable bonds is 2. The van der Waals surface area contributed by atoms with Crippen LogP contribution in [0.15, 0.2) is 41.8 Å². The molecule has 0 amide bonds. The molecule has 4 rings (SSSR count). The molecule has 5 nitrogen and oxygen atoms in total. The summed E-state index contributed by atoms with van der Waals surface area (Å²) < 4.78 is 1.90. The second kappa shape index (κ2) is 4.96. The summed E-state index contributed by atoms with van der Waals surface area (Å²) in [7, 11) is 0. The molecule has 0 saturated heterocycles. The van der Waals surface area contributed by atoms with E-state index in [4.69, 9.17) is 0 Å². The summed E-state index contributed by atoms with van der Waals surface area (Å²) in [5, 5.41) is 17.7. The number of thiophene rings is 1. The maximum Gasteiger partial charge on any atom is 0.244 e. The fourth-order valence-corrected chi connectivity index (χ4v) is 3.72. The zero-order chi connectivity index (χ0) is 14.2. The average molecular weight is 297 g/mol. The Bertz CT molecular complexity index is 749. The van der Waals surface area contributed by atoms with E-state index < -0.39 is 0 Å². The van der Waals surface area contributed by atoms with Crippen LogP contribution in [-0.4, -0.2) is 20.2 Å². The van der Waals surface area contributed by atoms with Gasteiger partial charge in [-0.05, 0) is 46.3 Å². The SMILES string of the molecule is Cc1ccccc1[C@H]1C[C@@H](c2cccs2)Nc2nnnn21. The van der Waals surface area contributed by atoms with E-state index in [9.17, 15) is 0 Å². The van der Waals surface area contributed by atoms with Crippen LogP contribution in [0.5, 0.6) is 0 Å². The molecular weight excluding hydrogens is 282 g/mol. The first-order chi connectivity index (χ1) is 10.3. The van der Waals surface area contributed by atoms with E-state index in [0.717, 1.165) is 12.4 Å². The number of aromatic nitrogens is 4. The van der Waals surface area contributed by atoms with Gasteiger partial charge in [-0.25, -0.2) is 4.68 Å². The molecule has 1 aromatic carbocycles. The minimum absolute atomic E-state index is 0.171. The van der Waals surface area contributed by atoms with Crippen LogP contribution < -0.4 is 5.32 Å². The predicted octanol–water partition coefficient (Wildman–Crippen LogP) is 3.19. The van der Waals surface area contributed by atoms with Gasteiger partial charge in [0, 0.05) is 4.88 Å². The van der Waals surface area contributed by atoms with Crippen LogP contribution in [0.1, 0.15) is 34.5 Å². The normalized spacial score (nSPS) is 20.8. The summed E-state index contributed by atoms with van der Waals surface area (Å²) in [6.45, 7) is 2.14. The van der Waals surface area contributed by atoms with Gasteiger partial charge in [-0.2, -0.15) is 0 Å². The Balaban J connectivity index is 1.78. The van der Waals surface area contributed by atoms with Gasteiger partial charge in [0.2, 0.25) is 5.95 Å². The first-order valence-corrected chi connectivity index (χ1v) is 7.84. The highest BCUT2D eigenvalue weighted by molar-refractivity contribution is 7.10. The van der Waals surface area contributed by atoms with Crippen molar-refractivity contribution in [1.82, 2.24) is 20.2 Å². The van der Waals surface area contributed by atoms with Gasteiger partial charge < -0.3 is 5.32 Å². The maximum atomic E-state index is 4.17. The average Bonchev–Trinajstić information content (AvgIpc) is 3.18. The molecule has 1 N–H and O–H groups in total. The van der Waals surface area contributed by atoms with Gasteiger partial charge in [0.05, 0.1) is 12.1 Å². The third-order valence-corrected chi connectivity index (χ3v) is 4.97. The molecule has 0 saturated carbocycles. The lowest BCUT2D eigenvalue weighted by molar-refractivity contribution is 0.425. The zero-order valence-corrected chi connectivity index (χ0v) is 12.4. The van der Waals surface area contributed by atoms with Crippen molar-refractivity contribution in [2.45, 2.75) is 25.4 Å². The molecule has 0 radical (unpaired) electrons. The highest BCUT2D eigenvalue weighted by atomic mass is 32.1. The summed E-state index contributed by atoms with van der Waals surface area (Å²) in [5.74, 6) is 0.743. The quantitative estimate of drug-likeness (QED) is 0.789. The predicted molar refractivity (Wildman–Crippen MR) is 82.4 cm³/mol. The lowest BCUT2D eigenvalue weighted by Gasteiger charge is -2.31. The molecule has 2 atom stereocenters. The number of nitrogens with one attached hydrogen (secondary N) is 1. The third-order valence-electron chi connectivity index (χ3n) is 3.98. The van der Waals surface area contributed by atoms with E-state index in [-0.39, 0.29) is 12.1 Å². The number of aryl methyl sites for hydroxylation is 1. The van der Waals surface area contributed by atoms with E-state index in [1.807, 2.05) is 4.68 Å². The van der Waals surface area contributed by atoms with Crippen molar-refractivity contribution >= 4 is 17.3 Å². The second-order valence-corrected chi connectivity index (χ2v) is 6.25. The van der Waals surface area contributed by atoms with Crippen LogP contribution in [0.4, 0.5) is 5.95 Å². The Hall–Kier alpha value is -2.21. The van der Waals surface area contributed by atoms with Crippen LogP contribution in [0.3, 0.4) is 0 Å². The van der Waals surface area contributed by atoms with E-state index >= 15 is 0 Å². The van der Waals surface area contributed by atoms with Crippen molar-refractivity contribution in [3.63, 3.8) is 0 Å². The molecule has 0 aliphatic carbocycles. The highest BCUT2D eigenvalue weighted by Crippen LogP contribution is 2.39. The molecule has 1 aliphatic rings. The molecule has 21 heavy (non-hydrogen) atoms. The number of anilines is 1. The Kier molecular flexibility index (Phi) is 2.96. The number of hydrogen-bond donors (Lipinski definition) is 1. The van der Waals surface area contributed by atoms with Crippen LogP contribution in [0, 0.1) is 6.92 Å². The number of tetrazole rings is 1. The van der Waals surface area contributed by atoms with Crippen LogP contribution in [0.25, 0.3) is 0 Å². The molecule has 0 bridgehead atoms. The third kappa shape index (κ3) is 2.12. The van der Waals surface area contributed by atoms with E-state index in [1.165, 1.54) is 16.0 Å². The lowest BCUT2D eigenvalue weighted by atomic mass is 9.94. The summed E-state index contributed by atoms with van der Waals surface area (Å²) in [6, 6.07) is 13.1. The van der Waals surface area contributed by atoms with E-state index in [2.05, 4.69) is 69.5 Å². The van der Waals surface area contributed by atoms with Crippen molar-refractivity contribution in [1.29, 1.82) is 0 Å². The molecule has 0 unspecified atom stereocenters. The smallest absolute Gasteiger partial charge is 0.244 e. The van der Waals surface area contributed by atoms with Crippen LogP contribution >= 0.6 is 11.3 Å². The Morgan fingerprint density at radius 3 is 2.95 bits per heavy atom. The maximum absolute atomic E-state index is 4.17. The van der Waals surface area contributed by atoms with Gasteiger partial charge in [0.15, 0.2) is 0 Å². The monoisotopic (exact) mass is 297 g/mol. The molecule has 3 aromatic rings. The number of hydrogen-bond acceptors (Lipinski definition) is 5. The molecule has 0 spiro atoms. The Morgan fingerprint density at radius 2 is 2.14 bits per heavy atom. The molecule has 2 aromatic heterocycles. The van der Waals surface area contributed by atoms with Gasteiger partial charge in [0.25, 0.3) is 0 Å². The first kappa shape index (κ1) is 12.5. The summed E-state index contributed by atoms with van der Waals surface area (Å²) in [6.07, 6.45) is 0.948. The molecule has 6 heteroatoms. The van der Waals surface area contributed by atoms with Gasteiger partial charge in [-0.1, -0.05) is 35.4 Å². The fraction of sp³-hybridized carbons (Fsp3) is 0.267. The number of nitrogens with zero attached hydrogens (tertiary/aromatic N) is 4. The standard InChI is InChI=1S/C15H15N5S/c1-10-5-2-3-6-11(10)13-9-12(14-7-4-8-21-14)16-15-17-18-19-20(13)15/h2-8,12-13H,9H2,1H3,(H,16,17,19)/t12-,13+/m0/s1. The number of fused-ring (bicyclic) bond motifs is 1. The molecule has 3 heterocycles. The minimum atomic E-state index is 0.171. The van der Waals surface area contributed by atoms with Gasteiger partial charge in [0.1, 0.15) is 0 Å². The second-order valence-electron chi connectivity index (χ2n) is 5.27. The largest absolute Gasteiger partial charge is 0.345 e. The summed E-state index contributed by atoms with van der Waals surface area (Å²) in [5.41, 5.74) is 2.56. The van der Waals surface area contributed by atoms with Crippen molar-refractivity contribution in [3.8, 4) is 0 Å².